The maximum atomic E-state index is 12.6. The van der Waals surface area contributed by atoms with E-state index in [-0.39, 0.29) is 17.0 Å². The number of carbonyl (C=O) groups is 1. The second kappa shape index (κ2) is 8.24. The number of hydrogen-bond donors (Lipinski definition) is 1. The third-order valence-electron chi connectivity index (χ3n) is 3.36. The Hall–Kier alpha value is -2.52. The van der Waals surface area contributed by atoms with Crippen LogP contribution in [0.4, 0.5) is 8.78 Å². The molecule has 1 aromatic heterocycles. The van der Waals surface area contributed by atoms with Gasteiger partial charge in [-0.2, -0.15) is 13.5 Å². The molecule has 0 saturated carbocycles. The summed E-state index contributed by atoms with van der Waals surface area (Å²) in [5.41, 5.74) is 0.848. The van der Waals surface area contributed by atoms with Gasteiger partial charge in [-0.05, 0) is 46.8 Å². The second-order valence-electron chi connectivity index (χ2n) is 5.04. The number of amides is 1. The predicted molar refractivity (Wildman–Crippen MR) is 93.6 cm³/mol. The Kier molecular flexibility index (Phi) is 5.79. The van der Waals surface area contributed by atoms with Crippen molar-refractivity contribution >= 4 is 29.3 Å². The van der Waals surface area contributed by atoms with E-state index in [0.717, 1.165) is 0 Å². The van der Waals surface area contributed by atoms with Gasteiger partial charge in [-0.3, -0.25) is 4.79 Å². The van der Waals surface area contributed by atoms with Crippen LogP contribution in [0.5, 0.6) is 0 Å². The van der Waals surface area contributed by atoms with Gasteiger partial charge in [-0.25, -0.2) is 0 Å². The van der Waals surface area contributed by atoms with Crippen LogP contribution in [0.25, 0.3) is 5.69 Å². The van der Waals surface area contributed by atoms with E-state index in [2.05, 4.69) is 20.8 Å². The zero-order valence-corrected chi connectivity index (χ0v) is 14.7. The molecule has 1 heterocycles. The van der Waals surface area contributed by atoms with Crippen molar-refractivity contribution in [2.24, 2.45) is 0 Å². The Morgan fingerprint density at radius 1 is 1.19 bits per heavy atom. The summed E-state index contributed by atoms with van der Waals surface area (Å²) in [4.78, 5) is 12.6. The molecule has 0 bridgehead atoms. The van der Waals surface area contributed by atoms with Crippen LogP contribution in [0.3, 0.4) is 0 Å². The summed E-state index contributed by atoms with van der Waals surface area (Å²) in [5, 5.41) is 14.6. The number of carbonyl (C=O) groups excluding carboxylic acids is 1. The first kappa shape index (κ1) is 18.3. The largest absolute Gasteiger partial charge is 0.345 e. The fraction of sp³-hybridized carbons (Fsp3) is 0.125. The van der Waals surface area contributed by atoms with E-state index in [0.29, 0.717) is 28.3 Å². The minimum absolute atomic E-state index is 0.0299. The van der Waals surface area contributed by atoms with Gasteiger partial charge in [-0.1, -0.05) is 35.5 Å². The molecule has 0 spiro atoms. The number of nitrogens with zero attached hydrogens (tertiary/aromatic N) is 4. The van der Waals surface area contributed by atoms with Crippen molar-refractivity contribution in [3.63, 3.8) is 0 Å². The van der Waals surface area contributed by atoms with Gasteiger partial charge in [-0.15, -0.1) is 5.10 Å². The number of halogens is 3. The molecule has 2 aromatic carbocycles. The fourth-order valence-electron chi connectivity index (χ4n) is 2.21. The molecule has 0 aliphatic rings. The third kappa shape index (κ3) is 4.36. The number of alkyl halides is 2. The minimum Gasteiger partial charge on any atom is -0.345 e. The molecule has 1 N–H and O–H groups in total. The molecule has 10 heteroatoms. The van der Waals surface area contributed by atoms with E-state index >= 15 is 0 Å². The molecule has 0 aliphatic heterocycles. The number of thioether (sulfide) groups is 1. The van der Waals surface area contributed by atoms with Crippen molar-refractivity contribution in [2.75, 3.05) is 0 Å². The summed E-state index contributed by atoms with van der Waals surface area (Å²) >= 11 is 6.19. The predicted octanol–water partition coefficient (Wildman–Crippen LogP) is 3.56. The van der Waals surface area contributed by atoms with Gasteiger partial charge in [0.2, 0.25) is 0 Å². The van der Waals surface area contributed by atoms with Gasteiger partial charge in [0.05, 0.1) is 17.8 Å². The Balaban J connectivity index is 1.74. The molecule has 134 valence electrons. The van der Waals surface area contributed by atoms with Crippen LogP contribution < -0.4 is 5.32 Å². The summed E-state index contributed by atoms with van der Waals surface area (Å²) in [6, 6.07) is 13.0. The first-order chi connectivity index (χ1) is 12.5. The van der Waals surface area contributed by atoms with E-state index in [1.807, 2.05) is 0 Å². The topological polar surface area (TPSA) is 72.7 Å². The van der Waals surface area contributed by atoms with Gasteiger partial charge in [0.1, 0.15) is 0 Å². The number of rotatable bonds is 6. The molecule has 0 fully saturated rings. The number of tetrazole rings is 1. The molecule has 0 aliphatic carbocycles. The molecule has 1 amide bonds. The molecule has 0 atom stereocenters. The van der Waals surface area contributed by atoms with Crippen LogP contribution in [-0.2, 0) is 6.54 Å². The number of benzene rings is 2. The van der Waals surface area contributed by atoms with Crippen LogP contribution in [0, 0.1) is 0 Å². The van der Waals surface area contributed by atoms with E-state index in [1.165, 1.54) is 16.8 Å². The van der Waals surface area contributed by atoms with Gasteiger partial charge in [0.25, 0.3) is 11.7 Å². The zero-order chi connectivity index (χ0) is 18.5. The van der Waals surface area contributed by atoms with Crippen LogP contribution in [0.15, 0.2) is 53.4 Å². The van der Waals surface area contributed by atoms with Crippen LogP contribution in [-0.4, -0.2) is 31.9 Å². The van der Waals surface area contributed by atoms with Crippen molar-refractivity contribution in [1.82, 2.24) is 25.5 Å². The molecule has 0 radical (unpaired) electrons. The first-order valence-electron chi connectivity index (χ1n) is 7.40. The summed E-state index contributed by atoms with van der Waals surface area (Å²) in [6.07, 6.45) is 0. The lowest BCUT2D eigenvalue weighted by molar-refractivity contribution is 0.0946. The average Bonchev–Trinajstić information content (AvgIpc) is 3.09. The highest BCUT2D eigenvalue weighted by atomic mass is 35.5. The number of aromatic nitrogens is 4. The summed E-state index contributed by atoms with van der Waals surface area (Å²) in [6.45, 7) is 0.0299. The van der Waals surface area contributed by atoms with Crippen molar-refractivity contribution in [3.8, 4) is 5.69 Å². The van der Waals surface area contributed by atoms with E-state index in [4.69, 9.17) is 11.6 Å². The van der Waals surface area contributed by atoms with E-state index in [1.54, 1.807) is 36.4 Å². The molecular formula is C16H12ClF2N5OS. The molecule has 6 nitrogen and oxygen atoms in total. The maximum absolute atomic E-state index is 12.6. The molecule has 3 aromatic rings. The highest BCUT2D eigenvalue weighted by molar-refractivity contribution is 7.99. The standard InChI is InChI=1S/C16H12ClF2N5OS/c17-10-5-7-11(8-6-10)24-14(21-22-23-24)9-20-15(25)12-3-1-2-4-13(12)26-16(18)19/h1-8,16H,9H2,(H,20,25). The molecule has 26 heavy (non-hydrogen) atoms. The van der Waals surface area contributed by atoms with E-state index < -0.39 is 11.7 Å². The molecular weight excluding hydrogens is 384 g/mol. The Labute approximate surface area is 156 Å². The summed E-state index contributed by atoms with van der Waals surface area (Å²) in [5.74, 6) is -2.71. The van der Waals surface area contributed by atoms with Crippen molar-refractivity contribution < 1.29 is 13.6 Å². The van der Waals surface area contributed by atoms with Crippen LogP contribution >= 0.6 is 23.4 Å². The molecule has 0 unspecified atom stereocenters. The quantitative estimate of drug-likeness (QED) is 0.646. The van der Waals surface area contributed by atoms with Crippen molar-refractivity contribution in [2.45, 2.75) is 17.2 Å². The fourth-order valence-corrected chi connectivity index (χ4v) is 2.97. The number of nitrogens with one attached hydrogen (secondary N) is 1. The first-order valence-corrected chi connectivity index (χ1v) is 8.65. The number of hydrogen-bond acceptors (Lipinski definition) is 5. The lowest BCUT2D eigenvalue weighted by Crippen LogP contribution is -2.25. The van der Waals surface area contributed by atoms with Gasteiger partial charge >= 0.3 is 0 Å². The van der Waals surface area contributed by atoms with Gasteiger partial charge < -0.3 is 5.32 Å². The van der Waals surface area contributed by atoms with Gasteiger partial charge in [0, 0.05) is 9.92 Å². The van der Waals surface area contributed by atoms with Crippen LogP contribution in [0.2, 0.25) is 5.02 Å². The Bertz CT molecular complexity index is 904. The third-order valence-corrected chi connectivity index (χ3v) is 4.40. The summed E-state index contributed by atoms with van der Waals surface area (Å²) in [7, 11) is 0. The van der Waals surface area contributed by atoms with E-state index in [9.17, 15) is 13.6 Å². The lowest BCUT2D eigenvalue weighted by atomic mass is 10.2. The van der Waals surface area contributed by atoms with Crippen molar-refractivity contribution in [3.05, 3.63) is 64.9 Å². The highest BCUT2D eigenvalue weighted by Gasteiger charge is 2.16. The van der Waals surface area contributed by atoms with Crippen LogP contribution in [0.1, 0.15) is 16.2 Å². The Morgan fingerprint density at radius 2 is 1.92 bits per heavy atom. The highest BCUT2D eigenvalue weighted by Crippen LogP contribution is 2.28. The Morgan fingerprint density at radius 3 is 2.65 bits per heavy atom. The lowest BCUT2D eigenvalue weighted by Gasteiger charge is -2.09. The second-order valence-corrected chi connectivity index (χ2v) is 6.51. The average molecular weight is 396 g/mol. The van der Waals surface area contributed by atoms with Gasteiger partial charge in [0.15, 0.2) is 5.82 Å². The maximum Gasteiger partial charge on any atom is 0.288 e. The van der Waals surface area contributed by atoms with Crippen molar-refractivity contribution in [1.29, 1.82) is 0 Å². The summed E-state index contributed by atoms with van der Waals surface area (Å²) < 4.78 is 26.7. The monoisotopic (exact) mass is 395 g/mol. The smallest absolute Gasteiger partial charge is 0.288 e. The SMILES string of the molecule is O=C(NCc1nnnn1-c1ccc(Cl)cc1)c1ccccc1SC(F)F. The normalized spacial score (nSPS) is 10.9. The molecule has 0 saturated heterocycles. The minimum atomic E-state index is -2.61. The molecule has 3 rings (SSSR count). The zero-order valence-electron chi connectivity index (χ0n) is 13.1.